The molecule has 0 radical (unpaired) electrons. The van der Waals surface area contributed by atoms with Crippen molar-refractivity contribution in [3.8, 4) is 34.8 Å². The van der Waals surface area contributed by atoms with Crippen molar-refractivity contribution in [3.63, 3.8) is 0 Å². The lowest BCUT2D eigenvalue weighted by atomic mass is 9.99. The quantitative estimate of drug-likeness (QED) is 0.0190. The van der Waals surface area contributed by atoms with Crippen LogP contribution in [0.4, 0.5) is 49.1 Å². The predicted molar refractivity (Wildman–Crippen MR) is 398 cm³/mol. The summed E-state index contributed by atoms with van der Waals surface area (Å²) in [6, 6.07) is 42.9. The molecule has 3 fully saturated rings. The molecule has 0 amide bonds. The zero-order chi connectivity index (χ0) is 86.4. The van der Waals surface area contributed by atoms with Crippen molar-refractivity contribution in [1.82, 2.24) is 29.3 Å². The Bertz CT molecular complexity index is 4730. The number of ether oxygens (including phenoxy) is 11. The van der Waals surface area contributed by atoms with Crippen LogP contribution >= 0.6 is 0 Å². The summed E-state index contributed by atoms with van der Waals surface area (Å²) < 4.78 is 190. The topological polar surface area (TPSA) is 391 Å². The molecule has 3 aliphatic heterocycles. The Labute approximate surface area is 674 Å². The maximum absolute atomic E-state index is 14.7. The zero-order valence-corrected chi connectivity index (χ0v) is 64.6. The van der Waals surface area contributed by atoms with E-state index in [0.29, 0.717) is 32.7 Å². The molecule has 12 rings (SSSR count). The molecule has 3 saturated heterocycles. The van der Waals surface area contributed by atoms with Crippen LogP contribution in [0.15, 0.2) is 158 Å². The van der Waals surface area contributed by atoms with Gasteiger partial charge in [-0.25, -0.2) is 19.0 Å². The molecular formula is C81H89F9N6O23. The molecule has 3 aromatic heterocycles. The molecule has 38 heteroatoms. The van der Waals surface area contributed by atoms with Gasteiger partial charge in [0.2, 0.25) is 36.5 Å². The monoisotopic (exact) mass is 1680 g/mol. The van der Waals surface area contributed by atoms with Gasteiger partial charge in [-0.15, -0.1) is 15.3 Å². The number of hydrogen-bond donors (Lipinski definition) is 10. The highest BCUT2D eigenvalue weighted by molar-refractivity contribution is 5.60. The molecule has 119 heavy (non-hydrogen) atoms. The van der Waals surface area contributed by atoms with E-state index in [-0.39, 0.29) is 53.9 Å². The summed E-state index contributed by atoms with van der Waals surface area (Å²) in [5.41, 5.74) is 1.23. The molecule has 6 aromatic carbocycles. The summed E-state index contributed by atoms with van der Waals surface area (Å²) in [5, 5.41) is 115. The molecule has 0 spiro atoms. The lowest BCUT2D eigenvalue weighted by Gasteiger charge is -2.39. The van der Waals surface area contributed by atoms with Gasteiger partial charge in [0.15, 0.2) is 11.4 Å². The van der Waals surface area contributed by atoms with Crippen molar-refractivity contribution in [2.75, 3.05) is 41.2 Å². The van der Waals surface area contributed by atoms with Crippen LogP contribution in [0.1, 0.15) is 93.5 Å². The molecule has 0 aliphatic carbocycles. The van der Waals surface area contributed by atoms with Crippen LogP contribution in [0.2, 0.25) is 0 Å². The SMILES string of the molecule is CCc1ccc(Cc2c(O[C@@H]3O[C@H](CO)[C@@H](O)[C@H](O)[C@H]3O)nn(-c3ccccc3)c2C(F)(F)F)cc1.CCc1ccc(Cc2c(O[C@@H]3O[C@H](COC(=O)OC)[C@@H](O)[C@H](O)[C@H]3O)nn(-c3ccccc3)c2C(F)(F)F)cc1.CCc1ccc(Cc2c(O[C@@H]3O[C@H](COC(=O)OC)[C@@H](O)[C@H](O)[C@H]3O)nn(Cc3ccc(OC)cc3)c2C(F)(F)F)cc1. The van der Waals surface area contributed by atoms with E-state index in [1.54, 1.807) is 97.1 Å². The van der Waals surface area contributed by atoms with Gasteiger partial charge >= 0.3 is 30.8 Å². The molecule has 0 saturated carbocycles. The molecule has 0 bridgehead atoms. The predicted octanol–water partition coefficient (Wildman–Crippen LogP) is 8.32. The second-order valence-electron chi connectivity index (χ2n) is 27.5. The fourth-order valence-electron chi connectivity index (χ4n) is 13.0. The van der Waals surface area contributed by atoms with E-state index in [4.69, 9.17) is 42.6 Å². The maximum atomic E-state index is 14.7. The smallest absolute Gasteiger partial charge is 0.497 e. The highest BCUT2D eigenvalue weighted by Crippen LogP contribution is 2.44. The largest absolute Gasteiger partial charge is 0.508 e. The minimum atomic E-state index is -4.86. The standard InChI is InChI=1S/C29H33F3N2O9.C27H29F3N2O8.C25H27F3N2O6/c1-4-16-5-7-17(8-6-16)13-20-25(29(30,31)32)34(14-18-9-11-19(39-2)12-10-18)33-26(20)43-27-24(37)23(36)22(35)21(42-27)15-41-28(38)40-3;1-3-15-9-11-16(12-10-15)13-18-23(27(28,29)30)32(17-7-5-4-6-8-17)31-24(18)40-25-22(35)21(34)20(33)19(39-25)14-38-26(36)37-2;1-2-14-8-10-15(11-9-14)12-17-22(25(26,27)28)30(16-6-4-3-5-7-16)29-23(17)36-24-21(34)20(33)19(32)18(13-31)35-24/h5-12,21-24,27,35-37H,4,13-15H2,1-3H3;4-12,19-22,25,33-35H,3,13-14H2,1-2H3;3-11,18-21,24,31-34H,2,12-13H2,1H3/t21-,22-,23+,24-,27+;19-,20-,21+,22-,25+;18-,19-,20+,21-,24+/m111/s1. The Morgan fingerprint density at radius 1 is 0.387 bits per heavy atom. The van der Waals surface area contributed by atoms with Gasteiger partial charge in [-0.3, -0.25) is 4.68 Å². The van der Waals surface area contributed by atoms with E-state index in [2.05, 4.69) is 24.8 Å². The van der Waals surface area contributed by atoms with Gasteiger partial charge < -0.3 is 103 Å². The van der Waals surface area contributed by atoms with Gasteiger partial charge in [0.25, 0.3) is 0 Å². The fraction of sp³-hybridized carbons (Fsp3) is 0.420. The third-order valence-corrected chi connectivity index (χ3v) is 19.6. The lowest BCUT2D eigenvalue weighted by molar-refractivity contribution is -0.278. The number of aryl methyl sites for hydroxylation is 3. The third kappa shape index (κ3) is 22.3. The van der Waals surface area contributed by atoms with Crippen molar-refractivity contribution in [1.29, 1.82) is 0 Å². The van der Waals surface area contributed by atoms with Crippen LogP contribution in [0.5, 0.6) is 23.4 Å². The Balaban J connectivity index is 0.000000188. The molecule has 3 aliphatic rings. The second-order valence-corrected chi connectivity index (χ2v) is 27.5. The number of alkyl halides is 9. The number of aromatic nitrogens is 6. The summed E-state index contributed by atoms with van der Waals surface area (Å²) in [6.45, 7) is 3.68. The number of carbonyl (C=O) groups excluding carboxylic acids is 2. The van der Waals surface area contributed by atoms with Crippen LogP contribution in [0.25, 0.3) is 11.4 Å². The molecule has 0 unspecified atom stereocenters. The van der Waals surface area contributed by atoms with Crippen LogP contribution < -0.4 is 18.9 Å². The Hall–Kier alpha value is -10.5. The van der Waals surface area contributed by atoms with Crippen molar-refractivity contribution >= 4 is 12.3 Å². The molecule has 10 N–H and O–H groups in total. The number of methoxy groups -OCH3 is 3. The van der Waals surface area contributed by atoms with Crippen molar-refractivity contribution < 1.29 is 152 Å². The van der Waals surface area contributed by atoms with Crippen LogP contribution in [0, 0.1) is 0 Å². The van der Waals surface area contributed by atoms with Crippen molar-refractivity contribution in [2.45, 2.75) is 176 Å². The number of para-hydroxylation sites is 2. The van der Waals surface area contributed by atoms with Crippen molar-refractivity contribution in [2.24, 2.45) is 0 Å². The van der Waals surface area contributed by atoms with E-state index >= 15 is 0 Å². The van der Waals surface area contributed by atoms with E-state index in [0.717, 1.165) is 59.5 Å². The van der Waals surface area contributed by atoms with Crippen LogP contribution in [-0.2, 0) is 96.8 Å². The first-order chi connectivity index (χ1) is 56.6. The van der Waals surface area contributed by atoms with E-state index in [1.165, 1.54) is 31.4 Å². The first kappa shape index (κ1) is 90.9. The molecular weight excluding hydrogens is 1600 g/mol. The van der Waals surface area contributed by atoms with Crippen molar-refractivity contribution in [3.05, 3.63) is 230 Å². The molecule has 644 valence electrons. The normalized spacial score (nSPS) is 23.2. The van der Waals surface area contributed by atoms with Gasteiger partial charge in [-0.05, 0) is 94.6 Å². The first-order valence-electron chi connectivity index (χ1n) is 37.2. The van der Waals surface area contributed by atoms with Gasteiger partial charge in [-0.2, -0.15) is 39.5 Å². The number of hydrogen-bond acceptors (Lipinski definition) is 26. The van der Waals surface area contributed by atoms with Gasteiger partial charge in [-0.1, -0.05) is 142 Å². The summed E-state index contributed by atoms with van der Waals surface area (Å²) in [5.74, 6) is -0.942. The number of benzene rings is 6. The maximum Gasteiger partial charge on any atom is 0.508 e. The molecule has 9 aromatic rings. The zero-order valence-electron chi connectivity index (χ0n) is 64.6. The number of aliphatic hydroxyl groups excluding tert-OH is 10. The van der Waals surface area contributed by atoms with E-state index in [1.807, 2.05) is 57.2 Å². The Morgan fingerprint density at radius 2 is 0.689 bits per heavy atom. The molecule has 29 nitrogen and oxygen atoms in total. The van der Waals surface area contributed by atoms with E-state index in [9.17, 15) is 100 Å². The fourth-order valence-corrected chi connectivity index (χ4v) is 13.0. The summed E-state index contributed by atoms with van der Waals surface area (Å²) in [4.78, 5) is 22.8. The molecule has 6 heterocycles. The Morgan fingerprint density at radius 3 is 1.00 bits per heavy atom. The minimum Gasteiger partial charge on any atom is -0.497 e. The summed E-state index contributed by atoms with van der Waals surface area (Å²) in [6.07, 6.45) is -40.6. The van der Waals surface area contributed by atoms with Crippen LogP contribution in [-0.4, -0.2) is 226 Å². The highest BCUT2D eigenvalue weighted by Gasteiger charge is 2.51. The summed E-state index contributed by atoms with van der Waals surface area (Å²) in [7, 11) is 3.59. The molecule has 15 atom stereocenters. The number of aliphatic hydroxyl groups is 10. The average molecular weight is 1690 g/mol. The number of halogens is 9. The lowest BCUT2D eigenvalue weighted by Crippen LogP contribution is -2.60. The highest BCUT2D eigenvalue weighted by atomic mass is 19.4. The van der Waals surface area contributed by atoms with Gasteiger partial charge in [0.05, 0.1) is 62.5 Å². The van der Waals surface area contributed by atoms with Crippen LogP contribution in [0.3, 0.4) is 0 Å². The first-order valence-corrected chi connectivity index (χ1v) is 37.2. The summed E-state index contributed by atoms with van der Waals surface area (Å²) >= 11 is 0. The minimum absolute atomic E-state index is 0.108. The van der Waals surface area contributed by atoms with Gasteiger partial charge in [0.1, 0.15) is 97.9 Å². The second kappa shape index (κ2) is 40.1. The average Bonchev–Trinajstić information content (AvgIpc) is 1.62. The van der Waals surface area contributed by atoms with Gasteiger partial charge in [0, 0.05) is 19.3 Å². The third-order valence-electron chi connectivity index (χ3n) is 19.6. The Kier molecular flexibility index (Phi) is 30.6. The number of carbonyl (C=O) groups is 2. The van der Waals surface area contributed by atoms with E-state index < -0.39 is 177 Å². The number of rotatable bonds is 25. The number of nitrogens with zero attached hydrogens (tertiary/aromatic N) is 6.